The van der Waals surface area contributed by atoms with E-state index in [0.717, 1.165) is 18.8 Å². The van der Waals surface area contributed by atoms with E-state index in [-0.39, 0.29) is 11.5 Å². The fourth-order valence-corrected chi connectivity index (χ4v) is 1.83. The van der Waals surface area contributed by atoms with Crippen molar-refractivity contribution in [2.45, 2.75) is 45.8 Å². The molecule has 1 aliphatic heterocycles. The Balaban J connectivity index is 2.19. The monoisotopic (exact) mass is 264 g/mol. The van der Waals surface area contributed by atoms with Crippen LogP contribution in [0.4, 0.5) is 0 Å². The lowest BCUT2D eigenvalue weighted by Gasteiger charge is -2.27. The van der Waals surface area contributed by atoms with Crippen LogP contribution in [0.1, 0.15) is 39.0 Å². The lowest BCUT2D eigenvalue weighted by molar-refractivity contribution is -0.0814. The minimum Gasteiger partial charge on any atom is -0.469 e. The first-order valence-electron chi connectivity index (χ1n) is 6.95. The molecule has 4 nitrogen and oxygen atoms in total. The van der Waals surface area contributed by atoms with Crippen molar-refractivity contribution >= 4 is 0 Å². The van der Waals surface area contributed by atoms with Crippen LogP contribution >= 0.6 is 0 Å². The molecule has 19 heavy (non-hydrogen) atoms. The first kappa shape index (κ1) is 14.3. The highest BCUT2D eigenvalue weighted by Crippen LogP contribution is 2.25. The Bertz CT molecular complexity index is 423. The van der Waals surface area contributed by atoms with Gasteiger partial charge in [0.25, 0.3) is 0 Å². The summed E-state index contributed by atoms with van der Waals surface area (Å²) < 4.78 is 11.0. The average molecular weight is 264 g/mol. The van der Waals surface area contributed by atoms with Crippen molar-refractivity contribution < 1.29 is 9.47 Å². The molecule has 2 heterocycles. The van der Waals surface area contributed by atoms with Gasteiger partial charge in [0.15, 0.2) is 0 Å². The van der Waals surface area contributed by atoms with Crippen molar-refractivity contribution in [3.8, 4) is 5.88 Å². The van der Waals surface area contributed by atoms with E-state index in [4.69, 9.17) is 9.47 Å². The molecule has 0 amide bonds. The van der Waals surface area contributed by atoms with Crippen LogP contribution in [-0.2, 0) is 16.7 Å². The molecule has 0 aromatic carbocycles. The molecule has 2 rings (SSSR count). The zero-order valence-corrected chi connectivity index (χ0v) is 12.3. The van der Waals surface area contributed by atoms with Gasteiger partial charge in [-0.1, -0.05) is 27.7 Å². The minimum absolute atomic E-state index is 0.0243. The third-order valence-electron chi connectivity index (χ3n) is 3.10. The molecule has 0 aliphatic carbocycles. The van der Waals surface area contributed by atoms with Gasteiger partial charge in [-0.25, -0.2) is 4.98 Å². The third kappa shape index (κ3) is 3.91. The second kappa shape index (κ2) is 5.88. The van der Waals surface area contributed by atoms with Crippen molar-refractivity contribution in [3.05, 3.63) is 23.4 Å². The summed E-state index contributed by atoms with van der Waals surface area (Å²) >= 11 is 0. The highest BCUT2D eigenvalue weighted by Gasteiger charge is 2.23. The van der Waals surface area contributed by atoms with E-state index in [1.54, 1.807) is 0 Å². The molecule has 1 fully saturated rings. The van der Waals surface area contributed by atoms with E-state index in [1.165, 1.54) is 5.56 Å². The number of hydrogen-bond acceptors (Lipinski definition) is 4. The molecule has 4 heteroatoms. The molecule has 1 aromatic heterocycles. The lowest BCUT2D eigenvalue weighted by atomic mass is 9.91. The fraction of sp³-hybridized carbons (Fsp3) is 0.667. The second-order valence-corrected chi connectivity index (χ2v) is 6.01. The number of nitrogens with one attached hydrogen (secondary N) is 1. The van der Waals surface area contributed by atoms with Gasteiger partial charge in [-0.05, 0) is 18.2 Å². The number of ether oxygens (including phenoxy) is 2. The van der Waals surface area contributed by atoms with E-state index in [2.05, 4.69) is 44.1 Å². The van der Waals surface area contributed by atoms with Crippen LogP contribution in [0.25, 0.3) is 0 Å². The van der Waals surface area contributed by atoms with Crippen molar-refractivity contribution in [2.24, 2.45) is 0 Å². The Morgan fingerprint density at radius 2 is 2.11 bits per heavy atom. The molecule has 0 saturated carbocycles. The largest absolute Gasteiger partial charge is 0.469 e. The summed E-state index contributed by atoms with van der Waals surface area (Å²) in [4.78, 5) is 4.63. The molecule has 0 atom stereocenters. The highest BCUT2D eigenvalue weighted by molar-refractivity contribution is 5.28. The minimum atomic E-state index is 0.0243. The van der Waals surface area contributed by atoms with Crippen LogP contribution in [0.2, 0.25) is 0 Å². The van der Waals surface area contributed by atoms with Gasteiger partial charge in [0.1, 0.15) is 6.10 Å². The van der Waals surface area contributed by atoms with Crippen molar-refractivity contribution in [2.75, 3.05) is 19.8 Å². The number of rotatable bonds is 5. The molecule has 1 aromatic rings. The normalized spacial score (nSPS) is 16.2. The van der Waals surface area contributed by atoms with Gasteiger partial charge in [-0.15, -0.1) is 0 Å². The van der Waals surface area contributed by atoms with Crippen molar-refractivity contribution in [3.63, 3.8) is 0 Å². The highest BCUT2D eigenvalue weighted by atomic mass is 16.6. The predicted octanol–water partition coefficient (Wildman–Crippen LogP) is 2.27. The quantitative estimate of drug-likeness (QED) is 0.886. The number of nitrogens with zero attached hydrogens (tertiary/aromatic N) is 1. The third-order valence-corrected chi connectivity index (χ3v) is 3.10. The smallest absolute Gasteiger partial charge is 0.214 e. The van der Waals surface area contributed by atoms with Gasteiger partial charge < -0.3 is 14.8 Å². The van der Waals surface area contributed by atoms with Gasteiger partial charge in [0.05, 0.1) is 18.9 Å². The number of hydrogen-bond donors (Lipinski definition) is 1. The van der Waals surface area contributed by atoms with Gasteiger partial charge in [-0.2, -0.15) is 0 Å². The van der Waals surface area contributed by atoms with Crippen molar-refractivity contribution in [1.29, 1.82) is 0 Å². The van der Waals surface area contributed by atoms with Crippen LogP contribution in [0, 0.1) is 0 Å². The van der Waals surface area contributed by atoms with Gasteiger partial charge in [0, 0.05) is 18.0 Å². The maximum absolute atomic E-state index is 5.84. The van der Waals surface area contributed by atoms with E-state index in [9.17, 15) is 0 Å². The summed E-state index contributed by atoms with van der Waals surface area (Å²) in [6.45, 7) is 11.8. The Morgan fingerprint density at radius 3 is 2.63 bits per heavy atom. The lowest BCUT2D eigenvalue weighted by Crippen LogP contribution is -2.39. The molecule has 0 spiro atoms. The molecule has 1 N–H and O–H groups in total. The van der Waals surface area contributed by atoms with Gasteiger partial charge in [0.2, 0.25) is 5.88 Å². The Kier molecular flexibility index (Phi) is 4.42. The standard InChI is InChI=1S/C15H24N2O2/c1-5-16-8-11-6-13(15(2,3)4)17-14(7-11)19-12-9-18-10-12/h6-7,12,16H,5,8-10H2,1-4H3. The number of aromatic nitrogens is 1. The Hall–Kier alpha value is -1.13. The van der Waals surface area contributed by atoms with Crippen LogP contribution in [0.15, 0.2) is 12.1 Å². The molecular formula is C15H24N2O2. The van der Waals surface area contributed by atoms with E-state index >= 15 is 0 Å². The summed E-state index contributed by atoms with van der Waals surface area (Å²) in [5.41, 5.74) is 2.31. The topological polar surface area (TPSA) is 43.4 Å². The maximum Gasteiger partial charge on any atom is 0.214 e. The molecular weight excluding hydrogens is 240 g/mol. The first-order valence-corrected chi connectivity index (χ1v) is 6.95. The zero-order chi connectivity index (χ0) is 13.9. The molecule has 0 unspecified atom stereocenters. The SMILES string of the molecule is CCNCc1cc(OC2COC2)nc(C(C)(C)C)c1. The summed E-state index contributed by atoms with van der Waals surface area (Å²) in [6, 6.07) is 4.18. The van der Waals surface area contributed by atoms with Crippen molar-refractivity contribution in [1.82, 2.24) is 10.3 Å². The summed E-state index contributed by atoms with van der Waals surface area (Å²) in [7, 11) is 0. The van der Waals surface area contributed by atoms with Crippen LogP contribution in [0.5, 0.6) is 5.88 Å². The van der Waals surface area contributed by atoms with E-state index < -0.39 is 0 Å². The van der Waals surface area contributed by atoms with Crippen LogP contribution in [0.3, 0.4) is 0 Å². The van der Waals surface area contributed by atoms with Gasteiger partial charge >= 0.3 is 0 Å². The van der Waals surface area contributed by atoms with E-state index in [0.29, 0.717) is 19.1 Å². The maximum atomic E-state index is 5.84. The Labute approximate surface area is 115 Å². The molecule has 106 valence electrons. The summed E-state index contributed by atoms with van der Waals surface area (Å²) in [5, 5.41) is 3.34. The molecule has 1 saturated heterocycles. The Morgan fingerprint density at radius 1 is 1.37 bits per heavy atom. The van der Waals surface area contributed by atoms with Gasteiger partial charge in [-0.3, -0.25) is 0 Å². The molecule has 0 radical (unpaired) electrons. The second-order valence-electron chi connectivity index (χ2n) is 6.01. The fourth-order valence-electron chi connectivity index (χ4n) is 1.83. The zero-order valence-electron chi connectivity index (χ0n) is 12.3. The first-order chi connectivity index (χ1) is 8.99. The van der Waals surface area contributed by atoms with Crippen LogP contribution in [-0.4, -0.2) is 30.8 Å². The summed E-state index contributed by atoms with van der Waals surface area (Å²) in [6.07, 6.45) is 0.162. The number of pyridine rings is 1. The average Bonchev–Trinajstić information content (AvgIpc) is 2.30. The van der Waals surface area contributed by atoms with E-state index in [1.807, 2.05) is 6.07 Å². The molecule has 1 aliphatic rings. The predicted molar refractivity (Wildman–Crippen MR) is 75.6 cm³/mol. The summed E-state index contributed by atoms with van der Waals surface area (Å²) in [5.74, 6) is 0.716. The molecule has 0 bridgehead atoms. The van der Waals surface area contributed by atoms with Crippen LogP contribution < -0.4 is 10.1 Å².